The fourth-order valence-electron chi connectivity index (χ4n) is 2.70. The molecule has 3 aromatic carbocycles. The summed E-state index contributed by atoms with van der Waals surface area (Å²) < 4.78 is 5.76. The molecule has 7 heteroatoms. The topological polar surface area (TPSA) is 81.5 Å². The number of nitrogens with zero attached hydrogens (tertiary/aromatic N) is 3. The van der Waals surface area contributed by atoms with Gasteiger partial charge in [0.1, 0.15) is 5.52 Å². The molecule has 0 aliphatic rings. The SMILES string of the molecule is O=[N+]([O-])c1ccc(C=CC=Nc2ccc(-c3nc4cc(Cl)ccc4o3)cc2)cc1. The second-order valence-corrected chi connectivity index (χ2v) is 6.60. The van der Waals surface area contributed by atoms with E-state index in [-0.39, 0.29) is 5.69 Å². The molecule has 0 unspecified atom stereocenters. The third-order valence-corrected chi connectivity index (χ3v) is 4.40. The summed E-state index contributed by atoms with van der Waals surface area (Å²) >= 11 is 5.98. The molecule has 4 aromatic rings. The first-order valence-corrected chi connectivity index (χ1v) is 9.08. The average molecular weight is 404 g/mol. The molecular formula is C22H14ClN3O3. The number of fused-ring (bicyclic) bond motifs is 1. The van der Waals surface area contributed by atoms with Gasteiger partial charge in [-0.05, 0) is 66.2 Å². The number of halogens is 1. The number of nitro benzene ring substituents is 1. The summed E-state index contributed by atoms with van der Waals surface area (Å²) in [6, 6.07) is 19.1. The number of hydrogen-bond donors (Lipinski definition) is 0. The van der Waals surface area contributed by atoms with E-state index in [2.05, 4.69) is 9.98 Å². The predicted molar refractivity (Wildman–Crippen MR) is 115 cm³/mol. The Morgan fingerprint density at radius 2 is 1.79 bits per heavy atom. The summed E-state index contributed by atoms with van der Waals surface area (Å²) in [5.41, 5.74) is 3.94. The highest BCUT2D eigenvalue weighted by Crippen LogP contribution is 2.27. The Bertz CT molecular complexity index is 1230. The molecule has 0 aliphatic carbocycles. The maximum Gasteiger partial charge on any atom is 0.269 e. The Morgan fingerprint density at radius 1 is 1.03 bits per heavy atom. The second kappa shape index (κ2) is 8.08. The van der Waals surface area contributed by atoms with Crippen molar-refractivity contribution in [1.82, 2.24) is 4.98 Å². The molecule has 0 saturated carbocycles. The van der Waals surface area contributed by atoms with Gasteiger partial charge in [-0.2, -0.15) is 0 Å². The quantitative estimate of drug-likeness (QED) is 0.217. The van der Waals surface area contributed by atoms with E-state index in [0.29, 0.717) is 22.0 Å². The van der Waals surface area contributed by atoms with E-state index in [1.165, 1.54) is 12.1 Å². The first kappa shape index (κ1) is 18.6. The van der Waals surface area contributed by atoms with Crippen molar-refractivity contribution in [2.75, 3.05) is 0 Å². The van der Waals surface area contributed by atoms with E-state index < -0.39 is 4.92 Å². The Hall–Kier alpha value is -3.77. The van der Waals surface area contributed by atoms with E-state index in [0.717, 1.165) is 16.8 Å². The molecule has 0 N–H and O–H groups in total. The maximum atomic E-state index is 10.7. The Morgan fingerprint density at radius 3 is 2.52 bits per heavy atom. The van der Waals surface area contributed by atoms with Crippen LogP contribution >= 0.6 is 11.6 Å². The molecule has 0 aliphatic heterocycles. The normalized spacial score (nSPS) is 11.6. The number of allylic oxidation sites excluding steroid dienone is 1. The van der Waals surface area contributed by atoms with Gasteiger partial charge in [0.2, 0.25) is 5.89 Å². The molecule has 0 bridgehead atoms. The van der Waals surface area contributed by atoms with Gasteiger partial charge in [-0.25, -0.2) is 4.98 Å². The van der Waals surface area contributed by atoms with Gasteiger partial charge in [0.15, 0.2) is 5.58 Å². The lowest BCUT2D eigenvalue weighted by atomic mass is 10.2. The largest absolute Gasteiger partial charge is 0.436 e. The number of aliphatic imine (C=N–C) groups is 1. The number of oxazole rings is 1. The molecule has 29 heavy (non-hydrogen) atoms. The lowest BCUT2D eigenvalue weighted by molar-refractivity contribution is -0.384. The van der Waals surface area contributed by atoms with Crippen LogP contribution in [0.3, 0.4) is 0 Å². The van der Waals surface area contributed by atoms with Crippen LogP contribution in [0.25, 0.3) is 28.6 Å². The molecular weight excluding hydrogens is 390 g/mol. The van der Waals surface area contributed by atoms with Crippen molar-refractivity contribution in [3.63, 3.8) is 0 Å². The highest BCUT2D eigenvalue weighted by Gasteiger charge is 2.08. The van der Waals surface area contributed by atoms with Crippen LogP contribution in [-0.4, -0.2) is 16.1 Å². The lowest BCUT2D eigenvalue weighted by Crippen LogP contribution is -1.86. The van der Waals surface area contributed by atoms with Gasteiger partial charge in [-0.15, -0.1) is 0 Å². The summed E-state index contributed by atoms with van der Waals surface area (Å²) in [5.74, 6) is 0.524. The van der Waals surface area contributed by atoms with Crippen molar-refractivity contribution in [3.05, 3.63) is 93.5 Å². The van der Waals surface area contributed by atoms with Crippen molar-refractivity contribution >= 4 is 46.4 Å². The number of aromatic nitrogens is 1. The summed E-state index contributed by atoms with van der Waals surface area (Å²) in [5, 5.41) is 11.3. The average Bonchev–Trinajstić information content (AvgIpc) is 3.15. The molecule has 0 spiro atoms. The van der Waals surface area contributed by atoms with Gasteiger partial charge in [0, 0.05) is 28.9 Å². The lowest BCUT2D eigenvalue weighted by Gasteiger charge is -1.96. The highest BCUT2D eigenvalue weighted by molar-refractivity contribution is 6.31. The molecule has 6 nitrogen and oxygen atoms in total. The zero-order valence-corrected chi connectivity index (χ0v) is 15.8. The Labute approximate surface area is 170 Å². The number of nitro groups is 1. The molecule has 0 radical (unpaired) electrons. The fraction of sp³-hybridized carbons (Fsp3) is 0. The minimum atomic E-state index is -0.422. The third-order valence-electron chi connectivity index (χ3n) is 4.17. The van der Waals surface area contributed by atoms with Crippen LogP contribution in [0.1, 0.15) is 5.56 Å². The summed E-state index contributed by atoms with van der Waals surface area (Å²) in [6.45, 7) is 0. The summed E-state index contributed by atoms with van der Waals surface area (Å²) in [6.07, 6.45) is 5.27. The van der Waals surface area contributed by atoms with Crippen LogP contribution in [0.4, 0.5) is 11.4 Å². The van der Waals surface area contributed by atoms with Gasteiger partial charge in [-0.1, -0.05) is 17.7 Å². The van der Waals surface area contributed by atoms with Gasteiger partial charge in [-0.3, -0.25) is 15.1 Å². The zero-order valence-electron chi connectivity index (χ0n) is 15.0. The van der Waals surface area contributed by atoms with Crippen LogP contribution in [0, 0.1) is 10.1 Å². The molecule has 1 heterocycles. The first-order chi connectivity index (χ1) is 14.1. The van der Waals surface area contributed by atoms with E-state index >= 15 is 0 Å². The van der Waals surface area contributed by atoms with Crippen LogP contribution in [0.15, 0.2) is 82.2 Å². The third kappa shape index (κ3) is 4.39. The van der Waals surface area contributed by atoms with E-state index in [1.54, 1.807) is 42.6 Å². The molecule has 4 rings (SSSR count). The van der Waals surface area contributed by atoms with E-state index in [1.807, 2.05) is 30.3 Å². The smallest absolute Gasteiger partial charge is 0.269 e. The highest BCUT2D eigenvalue weighted by atomic mass is 35.5. The number of hydrogen-bond acceptors (Lipinski definition) is 5. The van der Waals surface area contributed by atoms with Crippen LogP contribution < -0.4 is 0 Å². The molecule has 0 fully saturated rings. The molecule has 142 valence electrons. The Kier molecular flexibility index (Phi) is 5.18. The van der Waals surface area contributed by atoms with Crippen LogP contribution in [0.5, 0.6) is 0 Å². The summed E-state index contributed by atoms with van der Waals surface area (Å²) in [7, 11) is 0. The van der Waals surface area contributed by atoms with Crippen molar-refractivity contribution in [2.45, 2.75) is 0 Å². The number of benzene rings is 3. The van der Waals surface area contributed by atoms with Crippen molar-refractivity contribution in [3.8, 4) is 11.5 Å². The molecule has 1 aromatic heterocycles. The van der Waals surface area contributed by atoms with Crippen molar-refractivity contribution < 1.29 is 9.34 Å². The van der Waals surface area contributed by atoms with Gasteiger partial charge in [0.25, 0.3) is 5.69 Å². The monoisotopic (exact) mass is 403 g/mol. The number of non-ortho nitro benzene ring substituents is 1. The molecule has 0 saturated heterocycles. The van der Waals surface area contributed by atoms with Gasteiger partial charge in [0.05, 0.1) is 10.6 Å². The van der Waals surface area contributed by atoms with Gasteiger partial charge < -0.3 is 4.42 Å². The number of rotatable bonds is 5. The predicted octanol–water partition coefficient (Wildman–Crippen LogP) is 6.47. The maximum absolute atomic E-state index is 10.7. The van der Waals surface area contributed by atoms with Crippen molar-refractivity contribution in [1.29, 1.82) is 0 Å². The van der Waals surface area contributed by atoms with Gasteiger partial charge >= 0.3 is 0 Å². The standard InChI is InChI=1S/C22H14ClN3O3/c23-17-7-12-21-20(14-17)25-22(29-21)16-5-8-18(9-6-16)24-13-1-2-15-3-10-19(11-4-15)26(27)28/h1-14H. The zero-order chi connectivity index (χ0) is 20.2. The Balaban J connectivity index is 1.43. The minimum Gasteiger partial charge on any atom is -0.436 e. The second-order valence-electron chi connectivity index (χ2n) is 6.16. The first-order valence-electron chi connectivity index (χ1n) is 8.70. The minimum absolute atomic E-state index is 0.0675. The molecule has 0 amide bonds. The summed E-state index contributed by atoms with van der Waals surface area (Å²) in [4.78, 5) is 19.1. The van der Waals surface area contributed by atoms with Crippen LogP contribution in [-0.2, 0) is 0 Å². The van der Waals surface area contributed by atoms with Crippen molar-refractivity contribution in [2.24, 2.45) is 4.99 Å². The van der Waals surface area contributed by atoms with E-state index in [4.69, 9.17) is 16.0 Å². The van der Waals surface area contributed by atoms with E-state index in [9.17, 15) is 10.1 Å². The molecule has 0 atom stereocenters. The van der Waals surface area contributed by atoms with Crippen LogP contribution in [0.2, 0.25) is 5.02 Å². The fourth-order valence-corrected chi connectivity index (χ4v) is 2.87.